The zero-order valence-corrected chi connectivity index (χ0v) is 8.82. The van der Waals surface area contributed by atoms with Gasteiger partial charge < -0.3 is 0 Å². The summed E-state index contributed by atoms with van der Waals surface area (Å²) in [5.74, 6) is 0.656. The Hall–Kier alpha value is -1.19. The maximum absolute atomic E-state index is 12.0. The second-order valence-electron chi connectivity index (χ2n) is 4.51. The Labute approximate surface area is 83.3 Å². The van der Waals surface area contributed by atoms with Crippen LogP contribution in [0.5, 0.6) is 0 Å². The van der Waals surface area contributed by atoms with Gasteiger partial charge in [-0.1, -0.05) is 6.92 Å². The van der Waals surface area contributed by atoms with E-state index in [9.17, 15) is 4.79 Å². The minimum Gasteiger partial charge on any atom is -0.290 e. The number of ketones is 1. The molecule has 0 radical (unpaired) electrons. The molecule has 0 spiro atoms. The summed E-state index contributed by atoms with van der Waals surface area (Å²) >= 11 is 0. The Bertz CT molecular complexity index is 363. The number of Topliss-reactive ketones (excluding diaryl/α,β-unsaturated/α-hetero) is 1. The molecule has 4 nitrogen and oxygen atoms in total. The molecule has 0 N–H and O–H groups in total. The minimum atomic E-state index is -0.153. The average Bonchev–Trinajstić information content (AvgIpc) is 2.69. The van der Waals surface area contributed by atoms with Crippen LogP contribution in [0, 0.1) is 5.41 Å². The second kappa shape index (κ2) is 2.90. The first-order valence-corrected chi connectivity index (χ1v) is 4.99. The quantitative estimate of drug-likeness (QED) is 0.688. The number of aromatic nitrogens is 3. The minimum absolute atomic E-state index is 0.142. The van der Waals surface area contributed by atoms with Crippen LogP contribution in [0.3, 0.4) is 0 Å². The van der Waals surface area contributed by atoms with E-state index in [0.29, 0.717) is 5.82 Å². The highest BCUT2D eigenvalue weighted by Crippen LogP contribution is 2.47. The third-order valence-corrected chi connectivity index (χ3v) is 2.81. The van der Waals surface area contributed by atoms with Gasteiger partial charge in [-0.2, -0.15) is 5.10 Å². The van der Waals surface area contributed by atoms with E-state index in [1.54, 1.807) is 4.68 Å². The van der Waals surface area contributed by atoms with Crippen LogP contribution in [0.4, 0.5) is 0 Å². The van der Waals surface area contributed by atoms with Gasteiger partial charge in [-0.15, -0.1) is 0 Å². The first-order valence-electron chi connectivity index (χ1n) is 4.99. The van der Waals surface area contributed by atoms with Crippen molar-refractivity contribution in [3.05, 3.63) is 12.2 Å². The van der Waals surface area contributed by atoms with Crippen LogP contribution < -0.4 is 0 Å². The molecule has 0 unspecified atom stereocenters. The maximum atomic E-state index is 12.0. The Morgan fingerprint density at radius 1 is 1.57 bits per heavy atom. The van der Waals surface area contributed by atoms with Gasteiger partial charge in [-0.25, -0.2) is 9.67 Å². The molecule has 1 aromatic heterocycles. The van der Waals surface area contributed by atoms with Gasteiger partial charge in [0, 0.05) is 11.5 Å². The Balaban J connectivity index is 2.32. The van der Waals surface area contributed by atoms with Crippen LogP contribution in [0.25, 0.3) is 0 Å². The van der Waals surface area contributed by atoms with E-state index in [2.05, 4.69) is 10.1 Å². The molecule has 0 atom stereocenters. The van der Waals surface area contributed by atoms with Crippen LogP contribution in [0.2, 0.25) is 0 Å². The van der Waals surface area contributed by atoms with Crippen molar-refractivity contribution in [2.75, 3.05) is 0 Å². The zero-order valence-electron chi connectivity index (χ0n) is 8.82. The summed E-state index contributed by atoms with van der Waals surface area (Å²) in [5, 5.41) is 4.06. The predicted molar refractivity (Wildman–Crippen MR) is 52.1 cm³/mol. The molecule has 0 saturated heterocycles. The normalized spacial score (nSPS) is 18.6. The molecular formula is C10H15N3O. The van der Waals surface area contributed by atoms with Crippen LogP contribution in [-0.2, 0) is 0 Å². The van der Waals surface area contributed by atoms with Crippen molar-refractivity contribution in [2.45, 2.75) is 39.7 Å². The molecule has 14 heavy (non-hydrogen) atoms. The van der Waals surface area contributed by atoms with E-state index < -0.39 is 0 Å². The molecule has 1 aliphatic rings. The molecule has 0 aliphatic heterocycles. The summed E-state index contributed by atoms with van der Waals surface area (Å²) in [6.07, 6.45) is 3.42. The van der Waals surface area contributed by atoms with Gasteiger partial charge in [-0.05, 0) is 26.7 Å². The summed E-state index contributed by atoms with van der Waals surface area (Å²) in [4.78, 5) is 16.0. The number of carbonyl (C=O) groups is 1. The van der Waals surface area contributed by atoms with E-state index in [4.69, 9.17) is 0 Å². The van der Waals surface area contributed by atoms with Gasteiger partial charge in [-0.3, -0.25) is 4.79 Å². The lowest BCUT2D eigenvalue weighted by Crippen LogP contribution is -2.20. The largest absolute Gasteiger partial charge is 0.290 e. The summed E-state index contributed by atoms with van der Waals surface area (Å²) < 4.78 is 1.70. The van der Waals surface area contributed by atoms with Crippen LogP contribution in [0.15, 0.2) is 6.33 Å². The molecule has 1 aromatic rings. The van der Waals surface area contributed by atoms with Crippen molar-refractivity contribution >= 4 is 5.78 Å². The SMILES string of the molecule is CC(C)n1ncnc1C(=O)C1(C)CC1. The molecular weight excluding hydrogens is 178 g/mol. The number of carbonyl (C=O) groups excluding carboxylic acids is 1. The maximum Gasteiger partial charge on any atom is 0.205 e. The highest BCUT2D eigenvalue weighted by Gasteiger charge is 2.47. The van der Waals surface area contributed by atoms with Crippen molar-refractivity contribution in [1.29, 1.82) is 0 Å². The molecule has 76 valence electrons. The smallest absolute Gasteiger partial charge is 0.205 e. The second-order valence-corrected chi connectivity index (χ2v) is 4.51. The predicted octanol–water partition coefficient (Wildman–Crippen LogP) is 1.84. The van der Waals surface area contributed by atoms with Crippen LogP contribution in [-0.4, -0.2) is 20.5 Å². The lowest BCUT2D eigenvalue weighted by Gasteiger charge is -2.10. The van der Waals surface area contributed by atoms with E-state index in [1.165, 1.54) is 6.33 Å². The zero-order chi connectivity index (χ0) is 10.3. The van der Waals surface area contributed by atoms with E-state index in [0.717, 1.165) is 12.8 Å². The molecule has 2 rings (SSSR count). The van der Waals surface area contributed by atoms with Crippen molar-refractivity contribution < 1.29 is 4.79 Å². The number of hydrogen-bond acceptors (Lipinski definition) is 3. The highest BCUT2D eigenvalue weighted by molar-refractivity contribution is 5.99. The first-order chi connectivity index (χ1) is 6.54. The third kappa shape index (κ3) is 1.35. The fourth-order valence-electron chi connectivity index (χ4n) is 1.48. The summed E-state index contributed by atoms with van der Waals surface area (Å²) in [6.45, 7) is 6.00. The fourth-order valence-corrected chi connectivity index (χ4v) is 1.48. The number of hydrogen-bond donors (Lipinski definition) is 0. The Morgan fingerprint density at radius 2 is 2.21 bits per heavy atom. The standard InChI is InChI=1S/C10H15N3O/c1-7(2)13-9(11-6-12-13)8(14)10(3)4-5-10/h6-7H,4-5H2,1-3H3. The molecule has 0 aromatic carbocycles. The van der Waals surface area contributed by atoms with E-state index in [1.807, 2.05) is 20.8 Å². The van der Waals surface area contributed by atoms with Crippen molar-refractivity contribution in [3.63, 3.8) is 0 Å². The van der Waals surface area contributed by atoms with Crippen molar-refractivity contribution in [3.8, 4) is 0 Å². The van der Waals surface area contributed by atoms with Gasteiger partial charge in [0.05, 0.1) is 0 Å². The lowest BCUT2D eigenvalue weighted by molar-refractivity contribution is 0.0894. The monoisotopic (exact) mass is 193 g/mol. The lowest BCUT2D eigenvalue weighted by atomic mass is 10.0. The van der Waals surface area contributed by atoms with Gasteiger partial charge in [0.25, 0.3) is 0 Å². The Kier molecular flexibility index (Phi) is 1.94. The topological polar surface area (TPSA) is 47.8 Å². The molecule has 1 saturated carbocycles. The number of nitrogens with zero attached hydrogens (tertiary/aromatic N) is 3. The van der Waals surface area contributed by atoms with Gasteiger partial charge in [0.15, 0.2) is 5.82 Å². The first kappa shape index (κ1) is 9.37. The van der Waals surface area contributed by atoms with Gasteiger partial charge >= 0.3 is 0 Å². The summed E-state index contributed by atoms with van der Waals surface area (Å²) in [7, 11) is 0. The highest BCUT2D eigenvalue weighted by atomic mass is 16.1. The third-order valence-electron chi connectivity index (χ3n) is 2.81. The molecule has 0 amide bonds. The molecule has 0 bridgehead atoms. The van der Waals surface area contributed by atoms with Crippen molar-refractivity contribution in [2.24, 2.45) is 5.41 Å². The fraction of sp³-hybridized carbons (Fsp3) is 0.700. The van der Waals surface area contributed by atoms with Gasteiger partial charge in [0.1, 0.15) is 6.33 Å². The van der Waals surface area contributed by atoms with Gasteiger partial charge in [0.2, 0.25) is 5.78 Å². The molecule has 1 aliphatic carbocycles. The van der Waals surface area contributed by atoms with E-state index in [-0.39, 0.29) is 17.2 Å². The molecule has 1 heterocycles. The summed E-state index contributed by atoms with van der Waals surface area (Å²) in [6, 6.07) is 0.193. The molecule has 4 heteroatoms. The number of rotatable bonds is 3. The summed E-state index contributed by atoms with van der Waals surface area (Å²) in [5.41, 5.74) is -0.153. The van der Waals surface area contributed by atoms with E-state index >= 15 is 0 Å². The van der Waals surface area contributed by atoms with Crippen LogP contribution in [0.1, 0.15) is 50.3 Å². The molecule has 1 fully saturated rings. The van der Waals surface area contributed by atoms with Crippen LogP contribution >= 0.6 is 0 Å². The average molecular weight is 193 g/mol. The van der Waals surface area contributed by atoms with Crippen molar-refractivity contribution in [1.82, 2.24) is 14.8 Å². The Morgan fingerprint density at radius 3 is 2.71 bits per heavy atom.